The van der Waals surface area contributed by atoms with Crippen LogP contribution in [0.15, 0.2) is 42.5 Å². The fraction of sp³-hybridized carbons (Fsp3) is 0.278. The molecule has 0 saturated heterocycles. The van der Waals surface area contributed by atoms with E-state index in [1.54, 1.807) is 0 Å². The van der Waals surface area contributed by atoms with Crippen LogP contribution in [0, 0.1) is 5.82 Å². The molecule has 0 bridgehead atoms. The van der Waals surface area contributed by atoms with Gasteiger partial charge in [-0.3, -0.25) is 4.79 Å². The molecule has 2 aromatic carbocycles. The number of hydrogen-bond acceptors (Lipinski definition) is 2. The largest absolute Gasteiger partial charge is 0.416 e. The molecule has 0 fully saturated rings. The first-order valence-corrected chi connectivity index (χ1v) is 7.79. The maximum atomic E-state index is 13.0. The predicted molar refractivity (Wildman–Crippen MR) is 89.4 cm³/mol. The van der Waals surface area contributed by atoms with E-state index in [4.69, 9.17) is 0 Å². The number of carbonyl (C=O) groups excluding carboxylic acids is 1. The van der Waals surface area contributed by atoms with Crippen molar-refractivity contribution in [3.05, 3.63) is 59.4 Å². The fourth-order valence-corrected chi connectivity index (χ4v) is 2.45. The Bertz CT molecular complexity index is 738. The monoisotopic (exact) mass is 354 g/mol. The highest BCUT2D eigenvalue weighted by molar-refractivity contribution is 6.06. The van der Waals surface area contributed by atoms with Crippen LogP contribution in [-0.4, -0.2) is 19.0 Å². The molecule has 0 saturated carbocycles. The summed E-state index contributed by atoms with van der Waals surface area (Å²) in [5.74, 6) is -1.10. The van der Waals surface area contributed by atoms with Crippen LogP contribution < -0.4 is 10.2 Å². The van der Waals surface area contributed by atoms with Crippen molar-refractivity contribution in [2.45, 2.75) is 20.0 Å². The molecule has 3 nitrogen and oxygen atoms in total. The second-order valence-corrected chi connectivity index (χ2v) is 5.36. The summed E-state index contributed by atoms with van der Waals surface area (Å²) in [7, 11) is 0. The van der Waals surface area contributed by atoms with Crippen molar-refractivity contribution in [3.63, 3.8) is 0 Å². The standard InChI is InChI=1S/C18H18F4N2O/c1-3-24(4-2)16-10-7-13(18(20,21)22)11-15(16)23-17(25)12-5-8-14(19)9-6-12/h5-11H,3-4H2,1-2H3,(H,23,25). The van der Waals surface area contributed by atoms with Gasteiger partial charge in [0.1, 0.15) is 5.82 Å². The number of nitrogens with one attached hydrogen (secondary N) is 1. The summed E-state index contributed by atoms with van der Waals surface area (Å²) in [6, 6.07) is 8.02. The van der Waals surface area contributed by atoms with Crippen molar-refractivity contribution in [3.8, 4) is 0 Å². The molecule has 1 amide bonds. The van der Waals surface area contributed by atoms with E-state index in [-0.39, 0.29) is 11.3 Å². The van der Waals surface area contributed by atoms with Gasteiger partial charge in [0.2, 0.25) is 0 Å². The Kier molecular flexibility index (Phi) is 5.66. The van der Waals surface area contributed by atoms with Crippen LogP contribution in [0.1, 0.15) is 29.8 Å². The van der Waals surface area contributed by atoms with Crippen LogP contribution in [0.4, 0.5) is 28.9 Å². The highest BCUT2D eigenvalue weighted by Crippen LogP contribution is 2.35. The van der Waals surface area contributed by atoms with Crippen molar-refractivity contribution < 1.29 is 22.4 Å². The van der Waals surface area contributed by atoms with E-state index >= 15 is 0 Å². The summed E-state index contributed by atoms with van der Waals surface area (Å²) in [4.78, 5) is 14.1. The fourth-order valence-electron chi connectivity index (χ4n) is 2.45. The molecule has 25 heavy (non-hydrogen) atoms. The van der Waals surface area contributed by atoms with E-state index in [0.29, 0.717) is 18.8 Å². The first-order valence-electron chi connectivity index (χ1n) is 7.79. The Labute approximate surface area is 143 Å². The molecule has 1 N–H and O–H groups in total. The lowest BCUT2D eigenvalue weighted by Gasteiger charge is -2.25. The van der Waals surface area contributed by atoms with Crippen LogP contribution in [0.2, 0.25) is 0 Å². The third-order valence-electron chi connectivity index (χ3n) is 3.78. The summed E-state index contributed by atoms with van der Waals surface area (Å²) < 4.78 is 52.0. The lowest BCUT2D eigenvalue weighted by Crippen LogP contribution is -2.24. The third kappa shape index (κ3) is 4.49. The minimum absolute atomic E-state index is 0.0628. The van der Waals surface area contributed by atoms with Gasteiger partial charge in [0.25, 0.3) is 5.91 Å². The van der Waals surface area contributed by atoms with E-state index in [0.717, 1.165) is 24.3 Å². The number of rotatable bonds is 5. The molecule has 0 heterocycles. The van der Waals surface area contributed by atoms with Gasteiger partial charge in [-0.2, -0.15) is 13.2 Å². The average molecular weight is 354 g/mol. The molecule has 134 valence electrons. The average Bonchev–Trinajstić information content (AvgIpc) is 2.56. The second-order valence-electron chi connectivity index (χ2n) is 5.36. The molecule has 2 aromatic rings. The minimum Gasteiger partial charge on any atom is -0.370 e. The van der Waals surface area contributed by atoms with E-state index in [2.05, 4.69) is 5.32 Å². The molecule has 0 atom stereocenters. The molecule has 0 unspecified atom stereocenters. The minimum atomic E-state index is -4.52. The number of benzene rings is 2. The quantitative estimate of drug-likeness (QED) is 0.771. The van der Waals surface area contributed by atoms with Crippen LogP contribution in [0.5, 0.6) is 0 Å². The summed E-state index contributed by atoms with van der Waals surface area (Å²) in [6.07, 6.45) is -4.52. The van der Waals surface area contributed by atoms with Crippen molar-refractivity contribution in [2.75, 3.05) is 23.3 Å². The summed E-state index contributed by atoms with van der Waals surface area (Å²) >= 11 is 0. The van der Waals surface area contributed by atoms with Crippen molar-refractivity contribution in [2.24, 2.45) is 0 Å². The van der Waals surface area contributed by atoms with Gasteiger partial charge in [0.05, 0.1) is 16.9 Å². The van der Waals surface area contributed by atoms with Crippen molar-refractivity contribution in [1.82, 2.24) is 0 Å². The van der Waals surface area contributed by atoms with Crippen LogP contribution in [-0.2, 0) is 6.18 Å². The first-order chi connectivity index (χ1) is 11.8. The number of nitrogens with zero attached hydrogens (tertiary/aromatic N) is 1. The van der Waals surface area contributed by atoms with Gasteiger partial charge >= 0.3 is 6.18 Å². The number of carbonyl (C=O) groups is 1. The van der Waals surface area contributed by atoms with Gasteiger partial charge in [-0.1, -0.05) is 0 Å². The molecule has 0 spiro atoms. The van der Waals surface area contributed by atoms with Gasteiger partial charge in [-0.25, -0.2) is 4.39 Å². The van der Waals surface area contributed by atoms with E-state index in [1.165, 1.54) is 18.2 Å². The summed E-state index contributed by atoms with van der Waals surface area (Å²) in [5, 5.41) is 2.50. The Hall–Kier alpha value is -2.57. The molecule has 7 heteroatoms. The van der Waals surface area contributed by atoms with E-state index in [9.17, 15) is 22.4 Å². The van der Waals surface area contributed by atoms with Gasteiger partial charge in [-0.15, -0.1) is 0 Å². The molecule has 0 radical (unpaired) electrons. The number of halogens is 4. The van der Waals surface area contributed by atoms with Crippen LogP contribution in [0.3, 0.4) is 0 Å². The highest BCUT2D eigenvalue weighted by atomic mass is 19.4. The summed E-state index contributed by atoms with van der Waals surface area (Å²) in [5.41, 5.74) is -0.136. The van der Waals surface area contributed by atoms with Crippen molar-refractivity contribution in [1.29, 1.82) is 0 Å². The zero-order chi connectivity index (χ0) is 18.6. The Morgan fingerprint density at radius 2 is 1.64 bits per heavy atom. The molecule has 0 aromatic heterocycles. The lowest BCUT2D eigenvalue weighted by molar-refractivity contribution is -0.137. The zero-order valence-corrected chi connectivity index (χ0v) is 13.8. The van der Waals surface area contributed by atoms with Crippen molar-refractivity contribution >= 4 is 17.3 Å². The number of amides is 1. The number of alkyl halides is 3. The maximum Gasteiger partial charge on any atom is 0.416 e. The normalized spacial score (nSPS) is 11.3. The van der Waals surface area contributed by atoms with Gasteiger partial charge in [0, 0.05) is 18.7 Å². The SMILES string of the molecule is CCN(CC)c1ccc(C(F)(F)F)cc1NC(=O)c1ccc(F)cc1. The third-order valence-corrected chi connectivity index (χ3v) is 3.78. The summed E-state index contributed by atoms with van der Waals surface area (Å²) in [6.45, 7) is 4.88. The second kappa shape index (κ2) is 7.55. The zero-order valence-electron chi connectivity index (χ0n) is 13.8. The highest BCUT2D eigenvalue weighted by Gasteiger charge is 2.31. The molecule has 2 rings (SSSR count). The topological polar surface area (TPSA) is 32.3 Å². The molecule has 0 aliphatic rings. The first kappa shape index (κ1) is 18.8. The van der Waals surface area contributed by atoms with Gasteiger partial charge in [0.15, 0.2) is 0 Å². The number of anilines is 2. The number of hydrogen-bond donors (Lipinski definition) is 1. The maximum absolute atomic E-state index is 13.0. The molecular weight excluding hydrogens is 336 g/mol. The molecule has 0 aliphatic heterocycles. The Balaban J connectivity index is 2.41. The lowest BCUT2D eigenvalue weighted by atomic mass is 10.1. The predicted octanol–water partition coefficient (Wildman–Crippen LogP) is 4.94. The van der Waals surface area contributed by atoms with Gasteiger partial charge < -0.3 is 10.2 Å². The smallest absolute Gasteiger partial charge is 0.370 e. The molecule has 0 aliphatic carbocycles. The molecular formula is C18H18F4N2O. The van der Waals surface area contributed by atoms with Gasteiger partial charge in [-0.05, 0) is 56.3 Å². The van der Waals surface area contributed by atoms with E-state index < -0.39 is 23.5 Å². The Morgan fingerprint density at radius 3 is 2.16 bits per heavy atom. The van der Waals surface area contributed by atoms with E-state index in [1.807, 2.05) is 18.7 Å². The van der Waals surface area contributed by atoms with Crippen LogP contribution in [0.25, 0.3) is 0 Å². The Morgan fingerprint density at radius 1 is 1.04 bits per heavy atom. The van der Waals surface area contributed by atoms with Crippen LogP contribution >= 0.6 is 0 Å².